The van der Waals surface area contributed by atoms with Crippen molar-refractivity contribution in [1.82, 2.24) is 5.32 Å². The molecule has 0 aromatic heterocycles. The van der Waals surface area contributed by atoms with Crippen LogP contribution < -0.4 is 5.32 Å². The molecule has 0 spiro atoms. The molecule has 0 aliphatic heterocycles. The summed E-state index contributed by atoms with van der Waals surface area (Å²) in [6.45, 7) is 6.72. The van der Waals surface area contributed by atoms with Gasteiger partial charge in [-0.05, 0) is 55.3 Å². The zero-order chi connectivity index (χ0) is 15.6. The lowest BCUT2D eigenvalue weighted by molar-refractivity contribution is 0.555. The molecule has 0 bridgehead atoms. The third kappa shape index (κ3) is 3.47. The maximum Gasteiger partial charge on any atom is 0.129 e. The maximum absolute atomic E-state index is 14.3. The Balaban J connectivity index is 2.62. The molecule has 0 aliphatic rings. The van der Waals surface area contributed by atoms with Crippen molar-refractivity contribution in [2.45, 2.75) is 26.8 Å². The molecule has 0 saturated heterocycles. The predicted molar refractivity (Wildman–Crippen MR) is 90.5 cm³/mol. The minimum Gasteiger partial charge on any atom is -0.306 e. The van der Waals surface area contributed by atoms with E-state index in [0.29, 0.717) is 5.56 Å². The van der Waals surface area contributed by atoms with Crippen molar-refractivity contribution in [1.29, 1.82) is 0 Å². The lowest BCUT2D eigenvalue weighted by Gasteiger charge is -2.23. The van der Waals surface area contributed by atoms with Gasteiger partial charge in [-0.2, -0.15) is 0 Å². The number of benzene rings is 2. The number of halogens is 3. The molecular formula is C17H18BrClFN. The number of aryl methyl sites for hydroxylation is 2. The van der Waals surface area contributed by atoms with Crippen molar-refractivity contribution in [3.63, 3.8) is 0 Å². The highest BCUT2D eigenvalue weighted by molar-refractivity contribution is 9.10. The first kappa shape index (κ1) is 16.5. The molecule has 0 heterocycles. The van der Waals surface area contributed by atoms with E-state index in [1.54, 1.807) is 6.07 Å². The Hall–Kier alpha value is -0.900. The number of hydrogen-bond donors (Lipinski definition) is 1. The first-order valence-corrected chi connectivity index (χ1v) is 8.06. The Morgan fingerprint density at radius 2 is 1.95 bits per heavy atom. The molecule has 1 N–H and O–H groups in total. The summed E-state index contributed by atoms with van der Waals surface area (Å²) >= 11 is 9.64. The van der Waals surface area contributed by atoms with Crippen molar-refractivity contribution in [3.05, 3.63) is 67.9 Å². The van der Waals surface area contributed by atoms with E-state index >= 15 is 0 Å². The largest absolute Gasteiger partial charge is 0.306 e. The summed E-state index contributed by atoms with van der Waals surface area (Å²) in [6, 6.07) is 8.81. The normalized spacial score (nSPS) is 12.5. The second-order valence-electron chi connectivity index (χ2n) is 5.08. The van der Waals surface area contributed by atoms with Crippen LogP contribution in [0.5, 0.6) is 0 Å². The van der Waals surface area contributed by atoms with Crippen molar-refractivity contribution >= 4 is 27.5 Å². The molecule has 0 aliphatic carbocycles. The van der Waals surface area contributed by atoms with E-state index in [9.17, 15) is 4.39 Å². The van der Waals surface area contributed by atoms with E-state index in [1.807, 2.05) is 39.0 Å². The van der Waals surface area contributed by atoms with E-state index in [0.717, 1.165) is 32.7 Å². The van der Waals surface area contributed by atoms with Crippen LogP contribution in [0.2, 0.25) is 5.02 Å². The molecule has 1 atom stereocenters. The quantitative estimate of drug-likeness (QED) is 0.743. The van der Waals surface area contributed by atoms with E-state index in [2.05, 4.69) is 21.2 Å². The van der Waals surface area contributed by atoms with Crippen LogP contribution in [0.4, 0.5) is 4.39 Å². The SMILES string of the molecule is CCNC(c1cc(C)c(Cl)cc1C)c1c(F)cccc1Br. The number of rotatable bonds is 4. The molecule has 0 saturated carbocycles. The van der Waals surface area contributed by atoms with Crippen molar-refractivity contribution < 1.29 is 4.39 Å². The second kappa shape index (κ2) is 6.91. The molecule has 2 aromatic rings. The summed E-state index contributed by atoms with van der Waals surface area (Å²) in [7, 11) is 0. The zero-order valence-corrected chi connectivity index (χ0v) is 14.6. The van der Waals surface area contributed by atoms with Gasteiger partial charge >= 0.3 is 0 Å². The fraction of sp³-hybridized carbons (Fsp3) is 0.294. The molecule has 112 valence electrons. The van der Waals surface area contributed by atoms with Crippen LogP contribution in [0, 0.1) is 19.7 Å². The van der Waals surface area contributed by atoms with Crippen LogP contribution in [0.1, 0.15) is 35.2 Å². The van der Waals surface area contributed by atoms with Crippen molar-refractivity contribution in [3.8, 4) is 0 Å². The van der Waals surface area contributed by atoms with Gasteiger partial charge in [0, 0.05) is 15.1 Å². The molecule has 0 amide bonds. The van der Waals surface area contributed by atoms with Crippen LogP contribution >= 0.6 is 27.5 Å². The highest BCUT2D eigenvalue weighted by Crippen LogP contribution is 2.34. The number of nitrogens with one attached hydrogen (secondary N) is 1. The van der Waals surface area contributed by atoms with Crippen LogP contribution in [0.15, 0.2) is 34.8 Å². The fourth-order valence-corrected chi connectivity index (χ4v) is 3.26. The van der Waals surface area contributed by atoms with Crippen LogP contribution in [0.25, 0.3) is 0 Å². The first-order valence-electron chi connectivity index (χ1n) is 6.89. The van der Waals surface area contributed by atoms with Gasteiger partial charge in [-0.1, -0.05) is 46.6 Å². The van der Waals surface area contributed by atoms with E-state index in [1.165, 1.54) is 6.07 Å². The van der Waals surface area contributed by atoms with Gasteiger partial charge in [-0.25, -0.2) is 4.39 Å². The molecule has 21 heavy (non-hydrogen) atoms. The van der Waals surface area contributed by atoms with Gasteiger partial charge in [0.2, 0.25) is 0 Å². The summed E-state index contributed by atoms with van der Waals surface area (Å²) in [5.41, 5.74) is 3.72. The summed E-state index contributed by atoms with van der Waals surface area (Å²) in [4.78, 5) is 0. The molecule has 1 unspecified atom stereocenters. The molecule has 1 nitrogen and oxygen atoms in total. The highest BCUT2D eigenvalue weighted by Gasteiger charge is 2.22. The highest BCUT2D eigenvalue weighted by atomic mass is 79.9. The lowest BCUT2D eigenvalue weighted by atomic mass is 9.93. The standard InChI is InChI=1S/C17H18BrClFN/c1-4-21-17(16-13(18)6-5-7-15(16)20)12-8-11(3)14(19)9-10(12)2/h5-9,17,21H,4H2,1-3H3. The van der Waals surface area contributed by atoms with Crippen molar-refractivity contribution in [2.24, 2.45) is 0 Å². The molecule has 2 aromatic carbocycles. The third-order valence-corrected chi connectivity index (χ3v) is 4.65. The predicted octanol–water partition coefficient (Wildman–Crippen LogP) is 5.56. The number of hydrogen-bond acceptors (Lipinski definition) is 1. The van der Waals surface area contributed by atoms with E-state index in [-0.39, 0.29) is 11.9 Å². The minimum atomic E-state index is -0.220. The van der Waals surface area contributed by atoms with Gasteiger partial charge in [0.05, 0.1) is 6.04 Å². The lowest BCUT2D eigenvalue weighted by Crippen LogP contribution is -2.24. The third-order valence-electron chi connectivity index (χ3n) is 3.55. The van der Waals surface area contributed by atoms with E-state index < -0.39 is 0 Å². The zero-order valence-electron chi connectivity index (χ0n) is 12.3. The minimum absolute atomic E-state index is 0.207. The van der Waals surface area contributed by atoms with Crippen LogP contribution in [0.3, 0.4) is 0 Å². The van der Waals surface area contributed by atoms with Gasteiger partial charge < -0.3 is 5.32 Å². The Labute approximate surface area is 138 Å². The molecule has 0 fully saturated rings. The first-order chi connectivity index (χ1) is 9.95. The Kier molecular flexibility index (Phi) is 5.42. The average Bonchev–Trinajstić information content (AvgIpc) is 2.42. The average molecular weight is 371 g/mol. The van der Waals surface area contributed by atoms with Gasteiger partial charge in [0.15, 0.2) is 0 Å². The molecular weight excluding hydrogens is 353 g/mol. The van der Waals surface area contributed by atoms with Crippen molar-refractivity contribution in [2.75, 3.05) is 6.54 Å². The van der Waals surface area contributed by atoms with Crippen LogP contribution in [-0.2, 0) is 0 Å². The Morgan fingerprint density at radius 1 is 1.24 bits per heavy atom. The molecule has 2 rings (SSSR count). The molecule has 4 heteroatoms. The van der Waals surface area contributed by atoms with Crippen LogP contribution in [-0.4, -0.2) is 6.54 Å². The maximum atomic E-state index is 14.3. The van der Waals surface area contributed by atoms with Gasteiger partial charge in [-0.3, -0.25) is 0 Å². The van der Waals surface area contributed by atoms with Gasteiger partial charge in [-0.15, -0.1) is 0 Å². The summed E-state index contributed by atoms with van der Waals surface area (Å²) < 4.78 is 15.1. The Bertz CT molecular complexity index is 637. The molecule has 0 radical (unpaired) electrons. The summed E-state index contributed by atoms with van der Waals surface area (Å²) in [5, 5.41) is 4.11. The second-order valence-corrected chi connectivity index (χ2v) is 6.35. The fourth-order valence-electron chi connectivity index (χ4n) is 2.47. The topological polar surface area (TPSA) is 12.0 Å². The smallest absolute Gasteiger partial charge is 0.129 e. The van der Waals surface area contributed by atoms with Gasteiger partial charge in [0.1, 0.15) is 5.82 Å². The Morgan fingerprint density at radius 3 is 2.57 bits per heavy atom. The van der Waals surface area contributed by atoms with Gasteiger partial charge in [0.25, 0.3) is 0 Å². The van der Waals surface area contributed by atoms with E-state index in [4.69, 9.17) is 11.6 Å². The monoisotopic (exact) mass is 369 g/mol. The summed E-state index contributed by atoms with van der Waals surface area (Å²) in [5.74, 6) is -0.220. The summed E-state index contributed by atoms with van der Waals surface area (Å²) in [6.07, 6.45) is 0.